The van der Waals surface area contributed by atoms with Crippen LogP contribution in [0.1, 0.15) is 29.2 Å². The molecule has 0 bridgehead atoms. The molecule has 4 nitrogen and oxygen atoms in total. The van der Waals surface area contributed by atoms with Crippen LogP contribution in [0.15, 0.2) is 11.6 Å². The molecule has 0 aromatic heterocycles. The van der Waals surface area contributed by atoms with Gasteiger partial charge in [-0.3, -0.25) is 0 Å². The van der Waals surface area contributed by atoms with Crippen LogP contribution >= 0.6 is 0 Å². The summed E-state index contributed by atoms with van der Waals surface area (Å²) in [5, 5.41) is 20.1. The van der Waals surface area contributed by atoms with Gasteiger partial charge in [0.1, 0.15) is 11.5 Å². The van der Waals surface area contributed by atoms with Gasteiger partial charge in [0.15, 0.2) is 0 Å². The molecule has 104 valence electrons. The number of methoxy groups -OCH3 is 1. The Morgan fingerprint density at radius 3 is 2.16 bits per heavy atom. The van der Waals surface area contributed by atoms with Gasteiger partial charge in [-0.2, -0.15) is 0 Å². The van der Waals surface area contributed by atoms with Crippen molar-refractivity contribution in [3.05, 3.63) is 33.9 Å². The molecule has 0 atom stereocenters. The molecule has 19 heavy (non-hydrogen) atoms. The van der Waals surface area contributed by atoms with E-state index in [0.717, 1.165) is 0 Å². The Balaban J connectivity index is 3.20. The molecule has 0 radical (unpaired) electrons. The molecule has 1 rings (SSSR count). The maximum atomic E-state index is 11.3. The lowest BCUT2D eigenvalue weighted by Crippen LogP contribution is -2.02. The molecule has 0 amide bonds. The van der Waals surface area contributed by atoms with Crippen molar-refractivity contribution in [1.82, 2.24) is 0 Å². The predicted molar refractivity (Wildman–Crippen MR) is 73.5 cm³/mol. The number of allylic oxidation sites excluding steroid dienone is 1. The highest BCUT2D eigenvalue weighted by molar-refractivity contribution is 5.87. The van der Waals surface area contributed by atoms with Gasteiger partial charge in [0.05, 0.1) is 7.11 Å². The third-order valence-corrected chi connectivity index (χ3v) is 3.49. The van der Waals surface area contributed by atoms with E-state index in [4.69, 9.17) is 0 Å². The van der Waals surface area contributed by atoms with E-state index in [1.165, 1.54) is 7.11 Å². The Morgan fingerprint density at radius 1 is 1.11 bits per heavy atom. The Bertz CT molecular complexity index is 513. The van der Waals surface area contributed by atoms with Gasteiger partial charge in [-0.25, -0.2) is 4.79 Å². The standard InChI is InChI=1S/C15H20O4/c1-8(15(18)19-5)6-7-12-11(4)13(16)9(2)10(3)14(12)17/h6,16-17H,7H2,1-5H3/b8-6+. The number of carbonyl (C=O) groups excluding carboxylic acids is 1. The van der Waals surface area contributed by atoms with Crippen LogP contribution in [0.3, 0.4) is 0 Å². The second kappa shape index (κ2) is 5.78. The number of rotatable bonds is 3. The molecule has 4 heteroatoms. The maximum absolute atomic E-state index is 11.3. The average molecular weight is 264 g/mol. The fourth-order valence-corrected chi connectivity index (χ4v) is 1.93. The molecule has 0 unspecified atom stereocenters. The van der Waals surface area contributed by atoms with Gasteiger partial charge >= 0.3 is 5.97 Å². The fourth-order valence-electron chi connectivity index (χ4n) is 1.93. The van der Waals surface area contributed by atoms with E-state index in [1.807, 2.05) is 0 Å². The van der Waals surface area contributed by atoms with Gasteiger partial charge < -0.3 is 14.9 Å². The van der Waals surface area contributed by atoms with E-state index in [1.54, 1.807) is 33.8 Å². The number of esters is 1. The molecule has 0 aliphatic carbocycles. The molecule has 0 aliphatic heterocycles. The van der Waals surface area contributed by atoms with Gasteiger partial charge in [-0.05, 0) is 50.8 Å². The van der Waals surface area contributed by atoms with Crippen molar-refractivity contribution >= 4 is 5.97 Å². The smallest absolute Gasteiger partial charge is 0.333 e. The van der Waals surface area contributed by atoms with E-state index < -0.39 is 5.97 Å². The quantitative estimate of drug-likeness (QED) is 0.500. The summed E-state index contributed by atoms with van der Waals surface area (Å²) in [4.78, 5) is 11.3. The van der Waals surface area contributed by atoms with E-state index in [2.05, 4.69) is 4.74 Å². The molecule has 0 fully saturated rings. The average Bonchev–Trinajstić information content (AvgIpc) is 2.41. The molecule has 0 aliphatic rings. The van der Waals surface area contributed by atoms with Crippen LogP contribution in [0.2, 0.25) is 0 Å². The highest BCUT2D eigenvalue weighted by Crippen LogP contribution is 2.36. The first-order valence-electron chi connectivity index (χ1n) is 6.06. The minimum absolute atomic E-state index is 0.168. The SMILES string of the molecule is COC(=O)/C(C)=C/Cc1c(C)c(O)c(C)c(C)c1O. The predicted octanol–water partition coefficient (Wildman–Crippen LogP) is 2.68. The monoisotopic (exact) mass is 264 g/mol. The molecule has 0 spiro atoms. The number of phenolic OH excluding ortho intramolecular Hbond substituents is 2. The largest absolute Gasteiger partial charge is 0.507 e. The van der Waals surface area contributed by atoms with Crippen molar-refractivity contribution in [2.75, 3.05) is 7.11 Å². The highest BCUT2D eigenvalue weighted by atomic mass is 16.5. The molecule has 0 saturated heterocycles. The van der Waals surface area contributed by atoms with Gasteiger partial charge in [-0.15, -0.1) is 0 Å². The second-order valence-corrected chi connectivity index (χ2v) is 4.63. The second-order valence-electron chi connectivity index (χ2n) is 4.63. The summed E-state index contributed by atoms with van der Waals surface area (Å²) >= 11 is 0. The van der Waals surface area contributed by atoms with Crippen LogP contribution in [-0.4, -0.2) is 23.3 Å². The number of benzene rings is 1. The molecule has 1 aromatic rings. The Hall–Kier alpha value is -1.97. The van der Waals surface area contributed by atoms with E-state index in [9.17, 15) is 15.0 Å². The first kappa shape index (κ1) is 15.1. The first-order chi connectivity index (χ1) is 8.81. The summed E-state index contributed by atoms with van der Waals surface area (Å²) in [5.74, 6) is -0.0404. The summed E-state index contributed by atoms with van der Waals surface area (Å²) < 4.78 is 4.61. The summed E-state index contributed by atoms with van der Waals surface area (Å²) in [6.07, 6.45) is 2.05. The van der Waals surface area contributed by atoms with E-state index in [0.29, 0.717) is 34.2 Å². The summed E-state index contributed by atoms with van der Waals surface area (Å²) in [7, 11) is 1.32. The third kappa shape index (κ3) is 2.89. The lowest BCUT2D eigenvalue weighted by molar-refractivity contribution is -0.136. The van der Waals surface area contributed by atoms with E-state index in [-0.39, 0.29) is 11.5 Å². The topological polar surface area (TPSA) is 66.8 Å². The fraction of sp³-hybridized carbons (Fsp3) is 0.400. The zero-order chi connectivity index (χ0) is 14.7. The molecule has 1 aromatic carbocycles. The van der Waals surface area contributed by atoms with Crippen LogP contribution in [-0.2, 0) is 16.0 Å². The Morgan fingerprint density at radius 2 is 1.63 bits per heavy atom. The molecule has 0 heterocycles. The van der Waals surface area contributed by atoms with Gasteiger partial charge in [0, 0.05) is 11.1 Å². The number of phenols is 2. The van der Waals surface area contributed by atoms with Crippen molar-refractivity contribution < 1.29 is 19.7 Å². The number of carbonyl (C=O) groups is 1. The maximum Gasteiger partial charge on any atom is 0.333 e. The molecule has 2 N–H and O–H groups in total. The molecule has 0 saturated carbocycles. The van der Waals surface area contributed by atoms with Gasteiger partial charge in [0.25, 0.3) is 0 Å². The lowest BCUT2D eigenvalue weighted by atomic mass is 9.95. The summed E-state index contributed by atoms with van der Waals surface area (Å²) in [6.45, 7) is 6.91. The summed E-state index contributed by atoms with van der Waals surface area (Å²) in [5.41, 5.74) is 3.06. The lowest BCUT2D eigenvalue weighted by Gasteiger charge is -2.15. The minimum Gasteiger partial charge on any atom is -0.507 e. The third-order valence-electron chi connectivity index (χ3n) is 3.49. The Labute approximate surface area is 113 Å². The van der Waals surface area contributed by atoms with Crippen LogP contribution in [0.4, 0.5) is 0 Å². The number of hydrogen-bond donors (Lipinski definition) is 2. The number of ether oxygens (including phenoxy) is 1. The Kier molecular flexibility index (Phi) is 4.59. The number of hydrogen-bond acceptors (Lipinski definition) is 4. The van der Waals surface area contributed by atoms with Gasteiger partial charge in [0.2, 0.25) is 0 Å². The van der Waals surface area contributed by atoms with Crippen LogP contribution < -0.4 is 0 Å². The van der Waals surface area contributed by atoms with Crippen molar-refractivity contribution in [2.45, 2.75) is 34.1 Å². The first-order valence-corrected chi connectivity index (χ1v) is 6.06. The van der Waals surface area contributed by atoms with Crippen molar-refractivity contribution in [1.29, 1.82) is 0 Å². The van der Waals surface area contributed by atoms with Crippen molar-refractivity contribution in [3.8, 4) is 11.5 Å². The van der Waals surface area contributed by atoms with Crippen molar-refractivity contribution in [3.63, 3.8) is 0 Å². The summed E-state index contributed by atoms with van der Waals surface area (Å²) in [6, 6.07) is 0. The van der Waals surface area contributed by atoms with Crippen LogP contribution in [0, 0.1) is 20.8 Å². The number of aromatic hydroxyl groups is 2. The van der Waals surface area contributed by atoms with E-state index >= 15 is 0 Å². The van der Waals surface area contributed by atoms with Crippen molar-refractivity contribution in [2.24, 2.45) is 0 Å². The molecular weight excluding hydrogens is 244 g/mol. The zero-order valence-corrected chi connectivity index (χ0v) is 12.0. The van der Waals surface area contributed by atoms with Crippen LogP contribution in [0.5, 0.6) is 11.5 Å². The minimum atomic E-state index is -0.398. The highest BCUT2D eigenvalue weighted by Gasteiger charge is 2.15. The zero-order valence-electron chi connectivity index (χ0n) is 12.0. The van der Waals surface area contributed by atoms with Crippen LogP contribution in [0.25, 0.3) is 0 Å². The normalized spacial score (nSPS) is 11.5. The van der Waals surface area contributed by atoms with Gasteiger partial charge in [-0.1, -0.05) is 6.08 Å². The molecular formula is C15H20O4.